The molecule has 1 fully saturated rings. The van der Waals surface area contributed by atoms with Gasteiger partial charge in [-0.1, -0.05) is 17.7 Å². The van der Waals surface area contributed by atoms with Crippen LogP contribution in [-0.4, -0.2) is 31.1 Å². The van der Waals surface area contributed by atoms with E-state index in [1.807, 2.05) is 12.1 Å². The molecule has 1 heterocycles. The third-order valence-electron chi connectivity index (χ3n) is 3.37. The van der Waals surface area contributed by atoms with E-state index in [1.54, 1.807) is 7.11 Å². The second-order valence-electron chi connectivity index (χ2n) is 4.47. The minimum Gasteiger partial charge on any atom is -0.495 e. The molecule has 4 heteroatoms. The number of methoxy groups -OCH3 is 1. The van der Waals surface area contributed by atoms with E-state index in [2.05, 4.69) is 11.0 Å². The van der Waals surface area contributed by atoms with Crippen LogP contribution in [0.5, 0.6) is 5.75 Å². The van der Waals surface area contributed by atoms with Gasteiger partial charge in [-0.3, -0.25) is 4.90 Å². The van der Waals surface area contributed by atoms with Crippen molar-refractivity contribution in [1.82, 2.24) is 4.90 Å². The summed E-state index contributed by atoms with van der Waals surface area (Å²) >= 11 is 6.12. The molecule has 1 aromatic carbocycles. The third kappa shape index (κ3) is 2.92. The van der Waals surface area contributed by atoms with Crippen LogP contribution in [0.2, 0.25) is 5.02 Å². The summed E-state index contributed by atoms with van der Waals surface area (Å²) < 4.78 is 5.15. The lowest BCUT2D eigenvalue weighted by molar-refractivity contribution is 0.250. The van der Waals surface area contributed by atoms with E-state index >= 15 is 0 Å². The van der Waals surface area contributed by atoms with Gasteiger partial charge in [0.15, 0.2) is 0 Å². The summed E-state index contributed by atoms with van der Waals surface area (Å²) in [7, 11) is 1.63. The first-order chi connectivity index (χ1) is 8.24. The van der Waals surface area contributed by atoms with Gasteiger partial charge in [0.25, 0.3) is 0 Å². The molecule has 2 rings (SSSR count). The van der Waals surface area contributed by atoms with E-state index < -0.39 is 0 Å². The number of hydrogen-bond acceptors (Lipinski definition) is 3. The van der Waals surface area contributed by atoms with Gasteiger partial charge in [-0.15, -0.1) is 0 Å². The molecule has 1 aliphatic rings. The summed E-state index contributed by atoms with van der Waals surface area (Å²) in [6.45, 7) is 2.79. The molecule has 3 nitrogen and oxygen atoms in total. The van der Waals surface area contributed by atoms with Crippen molar-refractivity contribution in [2.75, 3.05) is 20.2 Å². The Bertz CT molecular complexity index is 384. The first-order valence-corrected chi connectivity index (χ1v) is 6.39. The fraction of sp³-hybridized carbons (Fsp3) is 0.538. The summed E-state index contributed by atoms with van der Waals surface area (Å²) in [4.78, 5) is 2.43. The molecule has 0 radical (unpaired) electrons. The lowest BCUT2D eigenvalue weighted by atomic mass is 10.1. The molecule has 1 saturated heterocycles. The number of benzene rings is 1. The summed E-state index contributed by atoms with van der Waals surface area (Å²) in [6, 6.07) is 6.49. The van der Waals surface area contributed by atoms with Gasteiger partial charge in [-0.25, -0.2) is 0 Å². The number of rotatable bonds is 4. The topological polar surface area (TPSA) is 38.5 Å². The highest BCUT2D eigenvalue weighted by Gasteiger charge is 2.22. The molecule has 0 bridgehead atoms. The van der Waals surface area contributed by atoms with Gasteiger partial charge in [0, 0.05) is 19.1 Å². The fourth-order valence-corrected chi connectivity index (χ4v) is 2.69. The number of hydrogen-bond donors (Lipinski definition) is 1. The summed E-state index contributed by atoms with van der Waals surface area (Å²) in [6.07, 6.45) is 2.45. The van der Waals surface area contributed by atoms with Gasteiger partial charge in [-0.05, 0) is 37.1 Å². The zero-order chi connectivity index (χ0) is 12.3. The molecule has 1 aliphatic heterocycles. The Kier molecular flexibility index (Phi) is 4.26. The highest BCUT2D eigenvalue weighted by atomic mass is 35.5. The predicted octanol–water partition coefficient (Wildman–Crippen LogP) is 2.27. The van der Waals surface area contributed by atoms with Crippen LogP contribution in [0.4, 0.5) is 0 Å². The van der Waals surface area contributed by atoms with Crippen LogP contribution >= 0.6 is 11.6 Å². The highest BCUT2D eigenvalue weighted by molar-refractivity contribution is 6.32. The molecule has 0 saturated carbocycles. The van der Waals surface area contributed by atoms with E-state index in [0.717, 1.165) is 25.4 Å². The number of halogens is 1. The first kappa shape index (κ1) is 12.7. The monoisotopic (exact) mass is 254 g/mol. The Hall–Kier alpha value is -0.770. The molecule has 1 atom stereocenters. The third-order valence-corrected chi connectivity index (χ3v) is 3.67. The van der Waals surface area contributed by atoms with Crippen LogP contribution in [0, 0.1) is 0 Å². The number of nitrogens with zero attached hydrogens (tertiary/aromatic N) is 1. The maximum atomic E-state index is 6.12. The number of likely N-dealkylation sites (tertiary alicyclic amines) is 1. The van der Waals surface area contributed by atoms with Crippen molar-refractivity contribution in [1.29, 1.82) is 0 Å². The Morgan fingerprint density at radius 3 is 3.00 bits per heavy atom. The van der Waals surface area contributed by atoms with Gasteiger partial charge in [0.1, 0.15) is 5.75 Å². The van der Waals surface area contributed by atoms with Crippen molar-refractivity contribution in [2.24, 2.45) is 5.73 Å². The maximum absolute atomic E-state index is 6.12. The zero-order valence-electron chi connectivity index (χ0n) is 10.2. The average molecular weight is 255 g/mol. The highest BCUT2D eigenvalue weighted by Crippen LogP contribution is 2.27. The van der Waals surface area contributed by atoms with Crippen molar-refractivity contribution in [3.05, 3.63) is 28.8 Å². The first-order valence-electron chi connectivity index (χ1n) is 6.01. The molecular formula is C13H19ClN2O. The van der Waals surface area contributed by atoms with Crippen LogP contribution in [-0.2, 0) is 6.54 Å². The molecule has 0 amide bonds. The Morgan fingerprint density at radius 1 is 1.53 bits per heavy atom. The van der Waals surface area contributed by atoms with Crippen LogP contribution in [0.3, 0.4) is 0 Å². The minimum atomic E-state index is 0.524. The number of nitrogens with two attached hydrogens (primary N) is 1. The summed E-state index contributed by atoms with van der Waals surface area (Å²) in [5, 5.41) is 0.675. The van der Waals surface area contributed by atoms with Crippen LogP contribution < -0.4 is 10.5 Å². The van der Waals surface area contributed by atoms with Crippen LogP contribution in [0.1, 0.15) is 18.4 Å². The van der Waals surface area contributed by atoms with E-state index in [1.165, 1.54) is 18.4 Å². The Morgan fingerprint density at radius 2 is 2.35 bits per heavy atom. The second-order valence-corrected chi connectivity index (χ2v) is 4.88. The largest absolute Gasteiger partial charge is 0.495 e. The molecule has 94 valence electrons. The molecule has 2 N–H and O–H groups in total. The van der Waals surface area contributed by atoms with E-state index in [0.29, 0.717) is 11.1 Å². The standard InChI is InChI=1S/C13H19ClN2O/c1-17-13-5-4-10(7-12(13)14)9-16-6-2-3-11(16)8-15/h4-5,7,11H,2-3,6,8-9,15H2,1H3. The molecule has 0 aromatic heterocycles. The van der Waals surface area contributed by atoms with Gasteiger partial charge >= 0.3 is 0 Å². The van der Waals surface area contributed by atoms with Crippen molar-refractivity contribution in [2.45, 2.75) is 25.4 Å². The van der Waals surface area contributed by atoms with Crippen molar-refractivity contribution >= 4 is 11.6 Å². The summed E-state index contributed by atoms with van der Waals surface area (Å²) in [5.41, 5.74) is 6.98. The van der Waals surface area contributed by atoms with Crippen molar-refractivity contribution < 1.29 is 4.74 Å². The molecule has 0 aliphatic carbocycles. The van der Waals surface area contributed by atoms with Crippen LogP contribution in [0.15, 0.2) is 18.2 Å². The smallest absolute Gasteiger partial charge is 0.137 e. The van der Waals surface area contributed by atoms with Gasteiger partial charge in [0.2, 0.25) is 0 Å². The summed E-state index contributed by atoms with van der Waals surface area (Å²) in [5.74, 6) is 0.729. The SMILES string of the molecule is COc1ccc(CN2CCCC2CN)cc1Cl. The van der Waals surface area contributed by atoms with E-state index in [-0.39, 0.29) is 0 Å². The van der Waals surface area contributed by atoms with Crippen LogP contribution in [0.25, 0.3) is 0 Å². The zero-order valence-corrected chi connectivity index (χ0v) is 10.9. The molecule has 17 heavy (non-hydrogen) atoms. The normalized spacial score (nSPS) is 20.8. The Labute approximate surface area is 107 Å². The molecule has 1 aromatic rings. The predicted molar refractivity (Wildman–Crippen MR) is 70.5 cm³/mol. The van der Waals surface area contributed by atoms with E-state index in [9.17, 15) is 0 Å². The van der Waals surface area contributed by atoms with Gasteiger partial charge in [-0.2, -0.15) is 0 Å². The lowest BCUT2D eigenvalue weighted by Crippen LogP contribution is -2.34. The van der Waals surface area contributed by atoms with Gasteiger partial charge < -0.3 is 10.5 Å². The number of ether oxygens (including phenoxy) is 1. The molecular weight excluding hydrogens is 236 g/mol. The Balaban J connectivity index is 2.05. The lowest BCUT2D eigenvalue weighted by Gasteiger charge is -2.23. The molecule has 0 spiro atoms. The van der Waals surface area contributed by atoms with Crippen molar-refractivity contribution in [3.8, 4) is 5.75 Å². The maximum Gasteiger partial charge on any atom is 0.137 e. The second kappa shape index (κ2) is 5.71. The fourth-order valence-electron chi connectivity index (χ4n) is 2.41. The molecule has 1 unspecified atom stereocenters. The van der Waals surface area contributed by atoms with Gasteiger partial charge in [0.05, 0.1) is 12.1 Å². The quantitative estimate of drug-likeness (QED) is 0.896. The van der Waals surface area contributed by atoms with E-state index in [4.69, 9.17) is 22.1 Å². The minimum absolute atomic E-state index is 0.524. The van der Waals surface area contributed by atoms with Crippen molar-refractivity contribution in [3.63, 3.8) is 0 Å². The average Bonchev–Trinajstić information content (AvgIpc) is 2.76.